The van der Waals surface area contributed by atoms with Gasteiger partial charge in [-0.1, -0.05) is 61.3 Å². The SMILES string of the molecule is CC(C[C@@H](c1ccc(Cl)cc1)N1CC(F)(F)C1)[C@@H]1NC(=O)[C@](C)(CC(=O)O)C[C@@H]1c1cccc(Cl)c1. The van der Waals surface area contributed by atoms with E-state index in [1.54, 1.807) is 30.0 Å². The fourth-order valence-electron chi connectivity index (χ4n) is 5.67. The summed E-state index contributed by atoms with van der Waals surface area (Å²) >= 11 is 12.3. The molecule has 2 aromatic carbocycles. The van der Waals surface area contributed by atoms with Crippen molar-refractivity contribution in [3.63, 3.8) is 0 Å². The van der Waals surface area contributed by atoms with E-state index in [0.29, 0.717) is 22.9 Å². The molecular formula is C27H30Cl2F2N2O3. The lowest BCUT2D eigenvalue weighted by molar-refractivity contribution is -0.151. The molecule has 1 amide bonds. The molecule has 2 saturated heterocycles. The smallest absolute Gasteiger partial charge is 0.304 e. The monoisotopic (exact) mass is 538 g/mol. The molecule has 36 heavy (non-hydrogen) atoms. The molecule has 2 heterocycles. The van der Waals surface area contributed by atoms with Crippen molar-refractivity contribution in [1.29, 1.82) is 0 Å². The molecule has 0 spiro atoms. The summed E-state index contributed by atoms with van der Waals surface area (Å²) in [7, 11) is 0. The first-order chi connectivity index (χ1) is 16.9. The Morgan fingerprint density at radius 3 is 2.42 bits per heavy atom. The lowest BCUT2D eigenvalue weighted by Crippen LogP contribution is -2.59. The zero-order valence-electron chi connectivity index (χ0n) is 20.2. The highest BCUT2D eigenvalue weighted by atomic mass is 35.5. The fourth-order valence-corrected chi connectivity index (χ4v) is 5.99. The molecule has 2 fully saturated rings. The van der Waals surface area contributed by atoms with Crippen LogP contribution in [0.25, 0.3) is 0 Å². The van der Waals surface area contributed by atoms with Crippen LogP contribution in [0.1, 0.15) is 56.2 Å². The van der Waals surface area contributed by atoms with E-state index in [1.807, 2.05) is 37.3 Å². The average molecular weight is 539 g/mol. The minimum Gasteiger partial charge on any atom is -0.481 e. The standard InChI is InChI=1S/C27H30Cl2F2N2O3/c1-16(10-22(33-14-27(30,31)15-33)17-6-8-19(28)9-7-17)24-21(18-4-3-5-20(29)11-18)12-26(2,13-23(34)35)25(36)32-24/h3-9,11,16,21-22,24H,10,12-15H2,1-2H3,(H,32,36)(H,34,35)/t16?,21-,22+,24+,26+/m1/s1. The summed E-state index contributed by atoms with van der Waals surface area (Å²) < 4.78 is 27.6. The number of likely N-dealkylation sites (tertiary alicyclic amines) is 1. The maximum atomic E-state index is 13.8. The second-order valence-electron chi connectivity index (χ2n) is 10.5. The number of halogens is 4. The number of carboxylic acids is 1. The Bertz CT molecular complexity index is 1120. The second kappa shape index (κ2) is 10.3. The van der Waals surface area contributed by atoms with Crippen molar-refractivity contribution in [3.8, 4) is 0 Å². The first-order valence-electron chi connectivity index (χ1n) is 12.0. The number of carbonyl (C=O) groups excluding carboxylic acids is 1. The quantitative estimate of drug-likeness (QED) is 0.422. The second-order valence-corrected chi connectivity index (χ2v) is 11.4. The molecular weight excluding hydrogens is 509 g/mol. The van der Waals surface area contributed by atoms with Gasteiger partial charge in [-0.25, -0.2) is 8.78 Å². The number of benzene rings is 2. The van der Waals surface area contributed by atoms with Gasteiger partial charge in [0.2, 0.25) is 5.91 Å². The third-order valence-corrected chi connectivity index (χ3v) is 8.03. The normalized spacial score (nSPS) is 27.6. The summed E-state index contributed by atoms with van der Waals surface area (Å²) in [5.41, 5.74) is 0.720. The largest absolute Gasteiger partial charge is 0.481 e. The predicted molar refractivity (Wildman–Crippen MR) is 136 cm³/mol. The zero-order chi connectivity index (χ0) is 26.3. The highest BCUT2D eigenvalue weighted by Crippen LogP contribution is 2.46. The molecule has 2 aliphatic rings. The van der Waals surface area contributed by atoms with Crippen molar-refractivity contribution in [1.82, 2.24) is 10.2 Å². The molecule has 4 rings (SSSR count). The van der Waals surface area contributed by atoms with E-state index in [-0.39, 0.29) is 49.3 Å². The summed E-state index contributed by atoms with van der Waals surface area (Å²) in [6.45, 7) is 3.04. The van der Waals surface area contributed by atoms with Crippen LogP contribution in [0, 0.1) is 11.3 Å². The molecule has 2 aromatic rings. The topological polar surface area (TPSA) is 69.6 Å². The number of alkyl halides is 2. The summed E-state index contributed by atoms with van der Waals surface area (Å²) in [5.74, 6) is -4.36. The predicted octanol–water partition coefficient (Wildman–Crippen LogP) is 6.16. The van der Waals surface area contributed by atoms with Crippen molar-refractivity contribution >= 4 is 35.1 Å². The minimum atomic E-state index is -2.71. The number of hydrogen-bond acceptors (Lipinski definition) is 3. The van der Waals surface area contributed by atoms with Gasteiger partial charge in [0.05, 0.1) is 24.9 Å². The number of piperidine rings is 1. The van der Waals surface area contributed by atoms with E-state index in [0.717, 1.165) is 11.1 Å². The van der Waals surface area contributed by atoms with Gasteiger partial charge >= 0.3 is 5.97 Å². The Kier molecular flexibility index (Phi) is 7.65. The van der Waals surface area contributed by atoms with E-state index in [4.69, 9.17) is 23.2 Å². The fraction of sp³-hybridized carbons (Fsp3) is 0.481. The van der Waals surface area contributed by atoms with Crippen LogP contribution in [0.2, 0.25) is 10.0 Å². The third-order valence-electron chi connectivity index (χ3n) is 7.54. The van der Waals surface area contributed by atoms with Crippen LogP contribution in [-0.2, 0) is 9.59 Å². The van der Waals surface area contributed by atoms with Crippen LogP contribution in [0.3, 0.4) is 0 Å². The Morgan fingerprint density at radius 1 is 1.17 bits per heavy atom. The number of nitrogens with zero attached hydrogens (tertiary/aromatic N) is 1. The van der Waals surface area contributed by atoms with Crippen LogP contribution >= 0.6 is 23.2 Å². The number of aliphatic carboxylic acids is 1. The first-order valence-corrected chi connectivity index (χ1v) is 12.8. The number of carboxylic acid groups (broad SMARTS) is 1. The molecule has 5 atom stereocenters. The lowest BCUT2D eigenvalue weighted by atomic mass is 9.67. The maximum Gasteiger partial charge on any atom is 0.304 e. The maximum absolute atomic E-state index is 13.8. The van der Waals surface area contributed by atoms with Gasteiger partial charge in [-0.05, 0) is 54.2 Å². The molecule has 2 aliphatic heterocycles. The number of nitrogens with one attached hydrogen (secondary N) is 1. The summed E-state index contributed by atoms with van der Waals surface area (Å²) in [6, 6.07) is 14.0. The van der Waals surface area contributed by atoms with E-state index in [9.17, 15) is 23.5 Å². The number of amides is 1. The van der Waals surface area contributed by atoms with Crippen LogP contribution < -0.4 is 5.32 Å². The lowest BCUT2D eigenvalue weighted by Gasteiger charge is -2.48. The minimum absolute atomic E-state index is 0.109. The van der Waals surface area contributed by atoms with Crippen molar-refractivity contribution in [3.05, 3.63) is 69.7 Å². The van der Waals surface area contributed by atoms with Gasteiger partial charge < -0.3 is 10.4 Å². The third kappa shape index (κ3) is 5.84. The molecule has 0 aliphatic carbocycles. The van der Waals surface area contributed by atoms with E-state index in [2.05, 4.69) is 5.32 Å². The van der Waals surface area contributed by atoms with E-state index >= 15 is 0 Å². The van der Waals surface area contributed by atoms with Crippen molar-refractivity contribution in [2.75, 3.05) is 13.1 Å². The van der Waals surface area contributed by atoms with Gasteiger partial charge in [-0.15, -0.1) is 0 Å². The molecule has 194 valence electrons. The highest BCUT2D eigenvalue weighted by Gasteiger charge is 2.50. The van der Waals surface area contributed by atoms with Crippen molar-refractivity contribution < 1.29 is 23.5 Å². The molecule has 1 unspecified atom stereocenters. The molecule has 5 nitrogen and oxygen atoms in total. The molecule has 0 aromatic heterocycles. The summed E-state index contributed by atoms with van der Waals surface area (Å²) in [4.78, 5) is 26.5. The van der Waals surface area contributed by atoms with Crippen LogP contribution in [0.15, 0.2) is 48.5 Å². The van der Waals surface area contributed by atoms with Gasteiger partial charge in [0.15, 0.2) is 0 Å². The molecule has 0 bridgehead atoms. The van der Waals surface area contributed by atoms with Crippen molar-refractivity contribution in [2.45, 2.75) is 57.0 Å². The van der Waals surface area contributed by atoms with Gasteiger partial charge in [-0.2, -0.15) is 0 Å². The van der Waals surface area contributed by atoms with E-state index < -0.39 is 17.3 Å². The summed E-state index contributed by atoms with van der Waals surface area (Å²) in [6.07, 6.45) is 0.580. The molecule has 9 heteroatoms. The van der Waals surface area contributed by atoms with Crippen LogP contribution in [-0.4, -0.2) is 46.9 Å². The number of rotatable bonds is 8. The van der Waals surface area contributed by atoms with Gasteiger partial charge in [-0.3, -0.25) is 14.5 Å². The number of carbonyl (C=O) groups is 2. The van der Waals surface area contributed by atoms with Gasteiger partial charge in [0.1, 0.15) is 0 Å². The highest BCUT2D eigenvalue weighted by molar-refractivity contribution is 6.30. The van der Waals surface area contributed by atoms with Crippen LogP contribution in [0.4, 0.5) is 8.78 Å². The Balaban J connectivity index is 1.64. The summed E-state index contributed by atoms with van der Waals surface area (Å²) in [5, 5.41) is 13.7. The molecule has 2 N–H and O–H groups in total. The van der Waals surface area contributed by atoms with Gasteiger partial charge in [0, 0.05) is 28.0 Å². The van der Waals surface area contributed by atoms with Crippen molar-refractivity contribution in [2.24, 2.45) is 11.3 Å². The molecule has 0 radical (unpaired) electrons. The Morgan fingerprint density at radius 2 is 1.83 bits per heavy atom. The molecule has 0 saturated carbocycles. The Labute approximate surface area is 219 Å². The first kappa shape index (κ1) is 26.8. The van der Waals surface area contributed by atoms with Gasteiger partial charge in [0.25, 0.3) is 5.92 Å². The number of hydrogen-bond donors (Lipinski definition) is 2. The van der Waals surface area contributed by atoms with Crippen LogP contribution in [0.5, 0.6) is 0 Å². The Hall–Kier alpha value is -2.22. The average Bonchev–Trinajstić information content (AvgIpc) is 2.77. The van der Waals surface area contributed by atoms with E-state index in [1.165, 1.54) is 0 Å². The zero-order valence-corrected chi connectivity index (χ0v) is 21.7.